The molecule has 0 radical (unpaired) electrons. The number of nitrogens with zero attached hydrogens (tertiary/aromatic N) is 1. The predicted molar refractivity (Wildman–Crippen MR) is 121 cm³/mol. The fourth-order valence-corrected chi connectivity index (χ4v) is 4.66. The molecule has 0 aliphatic rings. The standard InChI is InChI=1S/C25H18F3NO3S/c1-14-23(33-22(29-14)11-15-4-2-7-19(10-15)25(26,27)28)18-6-3-5-16(12-18)17-8-9-20(24(31)32)21(30)13-17/h2-10,12-13,30H,11H2,1H3,(H,31,32). The van der Waals surface area contributed by atoms with Gasteiger partial charge in [-0.3, -0.25) is 0 Å². The summed E-state index contributed by atoms with van der Waals surface area (Å²) in [6, 6.07) is 17.1. The van der Waals surface area contributed by atoms with E-state index in [9.17, 15) is 23.1 Å². The van der Waals surface area contributed by atoms with E-state index in [0.29, 0.717) is 22.6 Å². The number of carboxylic acid groups (broad SMARTS) is 1. The van der Waals surface area contributed by atoms with Gasteiger partial charge in [0.25, 0.3) is 0 Å². The number of hydrogen-bond donors (Lipinski definition) is 2. The first-order chi connectivity index (χ1) is 15.6. The van der Waals surface area contributed by atoms with E-state index < -0.39 is 17.7 Å². The van der Waals surface area contributed by atoms with Gasteiger partial charge in [0.05, 0.1) is 21.1 Å². The van der Waals surface area contributed by atoms with Crippen molar-refractivity contribution in [2.24, 2.45) is 0 Å². The van der Waals surface area contributed by atoms with Gasteiger partial charge in [-0.15, -0.1) is 11.3 Å². The van der Waals surface area contributed by atoms with Crippen LogP contribution in [0.2, 0.25) is 0 Å². The third-order valence-corrected chi connectivity index (χ3v) is 6.34. The van der Waals surface area contributed by atoms with Crippen molar-refractivity contribution in [1.29, 1.82) is 0 Å². The van der Waals surface area contributed by atoms with Crippen LogP contribution in [0.1, 0.15) is 32.2 Å². The molecule has 1 heterocycles. The van der Waals surface area contributed by atoms with E-state index >= 15 is 0 Å². The largest absolute Gasteiger partial charge is 0.507 e. The Morgan fingerprint density at radius 1 is 0.970 bits per heavy atom. The molecule has 2 N–H and O–H groups in total. The lowest BCUT2D eigenvalue weighted by Crippen LogP contribution is -2.05. The number of aromatic carboxylic acids is 1. The van der Waals surface area contributed by atoms with E-state index in [1.165, 1.54) is 29.5 Å². The number of rotatable bonds is 5. The molecular weight excluding hydrogens is 451 g/mol. The molecule has 8 heteroatoms. The summed E-state index contributed by atoms with van der Waals surface area (Å²) in [5.74, 6) is -1.52. The molecule has 0 bridgehead atoms. The Bertz CT molecular complexity index is 1340. The van der Waals surface area contributed by atoms with Crippen molar-refractivity contribution >= 4 is 17.3 Å². The second-order valence-corrected chi connectivity index (χ2v) is 8.60. The molecule has 1 aromatic heterocycles. The zero-order valence-electron chi connectivity index (χ0n) is 17.3. The van der Waals surface area contributed by atoms with Crippen LogP contribution in [0.4, 0.5) is 13.2 Å². The van der Waals surface area contributed by atoms with Gasteiger partial charge in [0, 0.05) is 6.42 Å². The van der Waals surface area contributed by atoms with Crippen molar-refractivity contribution < 1.29 is 28.2 Å². The topological polar surface area (TPSA) is 70.4 Å². The molecule has 0 aliphatic heterocycles. The van der Waals surface area contributed by atoms with E-state index in [2.05, 4.69) is 4.98 Å². The molecule has 4 rings (SSSR count). The fraction of sp³-hybridized carbons (Fsp3) is 0.120. The molecule has 0 aliphatic carbocycles. The molecule has 168 valence electrons. The number of thiazole rings is 1. The Balaban J connectivity index is 1.63. The van der Waals surface area contributed by atoms with Crippen molar-refractivity contribution in [3.8, 4) is 27.3 Å². The van der Waals surface area contributed by atoms with Gasteiger partial charge in [-0.05, 0) is 53.4 Å². The van der Waals surface area contributed by atoms with Crippen LogP contribution in [-0.2, 0) is 12.6 Å². The van der Waals surface area contributed by atoms with Gasteiger partial charge in [0.1, 0.15) is 11.3 Å². The van der Waals surface area contributed by atoms with E-state index in [1.807, 2.05) is 31.2 Å². The fourth-order valence-electron chi connectivity index (χ4n) is 3.56. The second-order valence-electron chi connectivity index (χ2n) is 7.51. The summed E-state index contributed by atoms with van der Waals surface area (Å²) >= 11 is 1.41. The average molecular weight is 469 g/mol. The average Bonchev–Trinajstić information content (AvgIpc) is 3.13. The first-order valence-corrected chi connectivity index (χ1v) is 10.7. The van der Waals surface area contributed by atoms with Gasteiger partial charge in [-0.1, -0.05) is 42.5 Å². The van der Waals surface area contributed by atoms with E-state index in [4.69, 9.17) is 5.11 Å². The minimum absolute atomic E-state index is 0.174. The summed E-state index contributed by atoms with van der Waals surface area (Å²) in [6.45, 7) is 1.85. The highest BCUT2D eigenvalue weighted by Gasteiger charge is 2.30. The van der Waals surface area contributed by atoms with Crippen LogP contribution in [-0.4, -0.2) is 21.2 Å². The van der Waals surface area contributed by atoms with E-state index in [0.717, 1.165) is 33.8 Å². The van der Waals surface area contributed by atoms with E-state index in [1.54, 1.807) is 12.1 Å². The smallest absolute Gasteiger partial charge is 0.416 e. The van der Waals surface area contributed by atoms with Crippen LogP contribution in [0.3, 0.4) is 0 Å². The van der Waals surface area contributed by atoms with Gasteiger partial charge in [-0.2, -0.15) is 13.2 Å². The zero-order valence-corrected chi connectivity index (χ0v) is 18.2. The van der Waals surface area contributed by atoms with Crippen molar-refractivity contribution in [3.05, 3.63) is 94.1 Å². The number of carboxylic acids is 1. The molecule has 0 atom stereocenters. The molecule has 33 heavy (non-hydrogen) atoms. The highest BCUT2D eigenvalue weighted by Crippen LogP contribution is 2.35. The van der Waals surface area contributed by atoms with Gasteiger partial charge in [0.2, 0.25) is 0 Å². The van der Waals surface area contributed by atoms with Gasteiger partial charge < -0.3 is 10.2 Å². The van der Waals surface area contributed by atoms with Crippen molar-refractivity contribution in [1.82, 2.24) is 4.98 Å². The lowest BCUT2D eigenvalue weighted by atomic mass is 10.0. The summed E-state index contributed by atoms with van der Waals surface area (Å²) < 4.78 is 39.0. The number of carbonyl (C=O) groups is 1. The summed E-state index contributed by atoms with van der Waals surface area (Å²) in [7, 11) is 0. The van der Waals surface area contributed by atoms with Crippen LogP contribution in [0.5, 0.6) is 5.75 Å². The lowest BCUT2D eigenvalue weighted by Gasteiger charge is -2.08. The Labute approximate surface area is 191 Å². The zero-order chi connectivity index (χ0) is 23.8. The third kappa shape index (κ3) is 4.90. The summed E-state index contributed by atoms with van der Waals surface area (Å²) in [5, 5.41) is 19.8. The molecule has 0 spiro atoms. The molecule has 4 nitrogen and oxygen atoms in total. The summed E-state index contributed by atoms with van der Waals surface area (Å²) in [4.78, 5) is 16.6. The highest BCUT2D eigenvalue weighted by molar-refractivity contribution is 7.15. The minimum atomic E-state index is -4.39. The predicted octanol–water partition coefficient (Wildman–Crippen LogP) is 6.80. The molecule has 0 saturated carbocycles. The highest BCUT2D eigenvalue weighted by atomic mass is 32.1. The lowest BCUT2D eigenvalue weighted by molar-refractivity contribution is -0.137. The Hall–Kier alpha value is -3.65. The van der Waals surface area contributed by atoms with Crippen LogP contribution in [0.15, 0.2) is 66.7 Å². The van der Waals surface area contributed by atoms with E-state index in [-0.39, 0.29) is 11.3 Å². The monoisotopic (exact) mass is 469 g/mol. The SMILES string of the molecule is Cc1nc(Cc2cccc(C(F)(F)F)c2)sc1-c1cccc(-c2ccc(C(=O)O)c(O)c2)c1. The van der Waals surface area contributed by atoms with Crippen molar-refractivity contribution in [2.45, 2.75) is 19.5 Å². The molecule has 0 unspecified atom stereocenters. The number of halogens is 3. The first kappa shape index (κ1) is 22.5. The number of phenols is 1. The second kappa shape index (κ2) is 8.71. The maximum absolute atomic E-state index is 13.0. The number of benzene rings is 3. The Morgan fingerprint density at radius 2 is 1.67 bits per heavy atom. The number of aromatic nitrogens is 1. The molecule has 0 amide bonds. The number of alkyl halides is 3. The number of hydrogen-bond acceptors (Lipinski definition) is 4. The maximum Gasteiger partial charge on any atom is 0.416 e. The Kier molecular flexibility index (Phi) is 5.95. The Morgan fingerprint density at radius 3 is 2.36 bits per heavy atom. The van der Waals surface area contributed by atoms with Crippen LogP contribution < -0.4 is 0 Å². The van der Waals surface area contributed by atoms with Gasteiger partial charge >= 0.3 is 12.1 Å². The van der Waals surface area contributed by atoms with Crippen LogP contribution in [0.25, 0.3) is 21.6 Å². The van der Waals surface area contributed by atoms with Crippen molar-refractivity contribution in [2.75, 3.05) is 0 Å². The first-order valence-electron chi connectivity index (χ1n) is 9.91. The summed E-state index contributed by atoms with van der Waals surface area (Å²) in [5.41, 5.74) is 2.76. The molecule has 0 saturated heterocycles. The summed E-state index contributed by atoms with van der Waals surface area (Å²) in [6.07, 6.45) is -4.10. The van der Waals surface area contributed by atoms with Crippen LogP contribution >= 0.6 is 11.3 Å². The van der Waals surface area contributed by atoms with Crippen LogP contribution in [0, 0.1) is 6.92 Å². The molecule has 3 aromatic carbocycles. The number of aryl methyl sites for hydroxylation is 1. The molecule has 4 aromatic rings. The van der Waals surface area contributed by atoms with Crippen molar-refractivity contribution in [3.63, 3.8) is 0 Å². The van der Waals surface area contributed by atoms with Gasteiger partial charge in [0.15, 0.2) is 0 Å². The maximum atomic E-state index is 13.0. The normalized spacial score (nSPS) is 11.5. The quantitative estimate of drug-likeness (QED) is 0.337. The number of aromatic hydroxyl groups is 1. The van der Waals surface area contributed by atoms with Gasteiger partial charge in [-0.25, -0.2) is 9.78 Å². The molecular formula is C25H18F3NO3S. The minimum Gasteiger partial charge on any atom is -0.507 e. The molecule has 0 fully saturated rings. The third-order valence-electron chi connectivity index (χ3n) is 5.14.